The summed E-state index contributed by atoms with van der Waals surface area (Å²) in [5.41, 5.74) is 0.152. The standard InChI is InChI=1S/C17H17F6N3O/c18-16(19,20)10-5-1-2-6-11(10)24-14(27)9-26-13-8-4-3-7-12(13)25-15(26)17(21,22)23/h3-4,7-8,10-11H,1-2,5-6,9H2,(H,24,27)/t10-,11-/m0/s1. The number of hydrogen-bond donors (Lipinski definition) is 1. The summed E-state index contributed by atoms with van der Waals surface area (Å²) in [5, 5.41) is 2.28. The van der Waals surface area contributed by atoms with Crippen LogP contribution in [0.1, 0.15) is 31.5 Å². The molecular formula is C17H17F6N3O. The van der Waals surface area contributed by atoms with Crippen LogP contribution in [0.15, 0.2) is 24.3 Å². The molecule has 0 saturated heterocycles. The number of nitrogens with zero attached hydrogens (tertiary/aromatic N) is 2. The molecule has 1 fully saturated rings. The molecule has 27 heavy (non-hydrogen) atoms. The van der Waals surface area contributed by atoms with Gasteiger partial charge in [-0.25, -0.2) is 4.98 Å². The summed E-state index contributed by atoms with van der Waals surface area (Å²) in [7, 11) is 0. The fourth-order valence-corrected chi connectivity index (χ4v) is 3.54. The molecule has 1 amide bonds. The first kappa shape index (κ1) is 19.5. The average molecular weight is 393 g/mol. The topological polar surface area (TPSA) is 46.9 Å². The van der Waals surface area contributed by atoms with E-state index >= 15 is 0 Å². The fraction of sp³-hybridized carbons (Fsp3) is 0.529. The number of carbonyl (C=O) groups excluding carboxylic acids is 1. The first-order valence-electron chi connectivity index (χ1n) is 8.46. The molecule has 2 atom stereocenters. The van der Waals surface area contributed by atoms with Crippen molar-refractivity contribution < 1.29 is 31.1 Å². The van der Waals surface area contributed by atoms with Crippen molar-refractivity contribution in [2.24, 2.45) is 5.92 Å². The van der Waals surface area contributed by atoms with Gasteiger partial charge in [0.2, 0.25) is 11.7 Å². The van der Waals surface area contributed by atoms with Crippen LogP contribution in [0.4, 0.5) is 26.3 Å². The smallest absolute Gasteiger partial charge is 0.351 e. The third-order valence-electron chi connectivity index (χ3n) is 4.74. The van der Waals surface area contributed by atoms with E-state index in [1.165, 1.54) is 24.3 Å². The van der Waals surface area contributed by atoms with E-state index in [0.29, 0.717) is 17.4 Å². The molecule has 0 unspecified atom stereocenters. The summed E-state index contributed by atoms with van der Waals surface area (Å²) in [6.45, 7) is -0.754. The van der Waals surface area contributed by atoms with Crippen LogP contribution in [0, 0.1) is 5.92 Å². The summed E-state index contributed by atoms with van der Waals surface area (Å²) >= 11 is 0. The van der Waals surface area contributed by atoms with Crippen LogP contribution >= 0.6 is 0 Å². The Morgan fingerprint density at radius 2 is 1.78 bits per heavy atom. The van der Waals surface area contributed by atoms with Crippen molar-refractivity contribution in [2.75, 3.05) is 0 Å². The van der Waals surface area contributed by atoms with Gasteiger partial charge in [-0.05, 0) is 25.0 Å². The van der Waals surface area contributed by atoms with E-state index in [9.17, 15) is 31.1 Å². The molecule has 1 aromatic heterocycles. The third kappa shape index (κ3) is 4.19. The van der Waals surface area contributed by atoms with Crippen molar-refractivity contribution in [2.45, 2.75) is 50.6 Å². The van der Waals surface area contributed by atoms with Crippen molar-refractivity contribution in [3.63, 3.8) is 0 Å². The minimum atomic E-state index is -4.79. The van der Waals surface area contributed by atoms with Gasteiger partial charge >= 0.3 is 12.4 Å². The molecule has 2 aromatic rings. The molecule has 3 rings (SSSR count). The molecule has 1 saturated carbocycles. The molecule has 0 radical (unpaired) electrons. The van der Waals surface area contributed by atoms with E-state index in [1.54, 1.807) is 0 Å². The molecule has 0 bridgehead atoms. The van der Waals surface area contributed by atoms with E-state index in [4.69, 9.17) is 0 Å². The number of fused-ring (bicyclic) bond motifs is 1. The van der Waals surface area contributed by atoms with Crippen LogP contribution in [0.25, 0.3) is 11.0 Å². The number of aromatic nitrogens is 2. The maximum absolute atomic E-state index is 13.3. The highest BCUT2D eigenvalue weighted by Crippen LogP contribution is 2.38. The maximum atomic E-state index is 13.3. The zero-order valence-corrected chi connectivity index (χ0v) is 14.1. The Morgan fingerprint density at radius 3 is 2.44 bits per heavy atom. The van der Waals surface area contributed by atoms with Crippen molar-refractivity contribution in [1.82, 2.24) is 14.9 Å². The molecule has 0 spiro atoms. The third-order valence-corrected chi connectivity index (χ3v) is 4.74. The van der Waals surface area contributed by atoms with Gasteiger partial charge in [-0.15, -0.1) is 0 Å². The molecule has 0 aliphatic heterocycles. The van der Waals surface area contributed by atoms with Gasteiger partial charge in [-0.2, -0.15) is 26.3 Å². The minimum absolute atomic E-state index is 0.0588. The number of nitrogens with one attached hydrogen (secondary N) is 1. The summed E-state index contributed by atoms with van der Waals surface area (Å²) < 4.78 is 79.8. The zero-order chi connectivity index (χ0) is 19.8. The second kappa shape index (κ2) is 7.05. The number of alkyl halides is 6. The monoisotopic (exact) mass is 393 g/mol. The predicted octanol–water partition coefficient (Wildman–Crippen LogP) is 4.29. The van der Waals surface area contributed by atoms with Gasteiger partial charge in [0, 0.05) is 6.04 Å². The summed E-state index contributed by atoms with van der Waals surface area (Å²) in [5.74, 6) is -3.84. The molecule has 1 N–H and O–H groups in total. The van der Waals surface area contributed by atoms with Crippen molar-refractivity contribution in [1.29, 1.82) is 0 Å². The van der Waals surface area contributed by atoms with Crippen LogP contribution in [-0.2, 0) is 17.5 Å². The number of carbonyl (C=O) groups is 1. The minimum Gasteiger partial charge on any atom is -0.351 e. The van der Waals surface area contributed by atoms with Gasteiger partial charge in [-0.1, -0.05) is 25.0 Å². The number of benzene rings is 1. The van der Waals surface area contributed by atoms with Gasteiger partial charge in [0.05, 0.1) is 17.0 Å². The Bertz CT molecular complexity index is 826. The van der Waals surface area contributed by atoms with E-state index in [2.05, 4.69) is 10.3 Å². The van der Waals surface area contributed by atoms with Crippen LogP contribution in [-0.4, -0.2) is 27.7 Å². The largest absolute Gasteiger partial charge is 0.449 e. The van der Waals surface area contributed by atoms with Gasteiger partial charge in [0.25, 0.3) is 0 Å². The Morgan fingerprint density at radius 1 is 1.11 bits per heavy atom. The predicted molar refractivity (Wildman–Crippen MR) is 84.7 cm³/mol. The van der Waals surface area contributed by atoms with E-state index in [-0.39, 0.29) is 23.9 Å². The number of hydrogen-bond acceptors (Lipinski definition) is 2. The first-order valence-corrected chi connectivity index (χ1v) is 8.46. The summed E-state index contributed by atoms with van der Waals surface area (Å²) in [4.78, 5) is 15.8. The second-order valence-electron chi connectivity index (χ2n) is 6.61. The molecule has 10 heteroatoms. The number of para-hydroxylation sites is 2. The lowest BCUT2D eigenvalue weighted by Crippen LogP contribution is -2.48. The molecule has 1 aromatic carbocycles. The number of amides is 1. The van der Waals surface area contributed by atoms with E-state index < -0.39 is 42.6 Å². The lowest BCUT2D eigenvalue weighted by molar-refractivity contribution is -0.189. The van der Waals surface area contributed by atoms with Crippen molar-refractivity contribution in [3.05, 3.63) is 30.1 Å². The Labute approximate surface area is 150 Å². The number of imidazole rings is 1. The van der Waals surface area contributed by atoms with Crippen LogP contribution < -0.4 is 5.32 Å². The van der Waals surface area contributed by atoms with Gasteiger partial charge in [0.15, 0.2) is 0 Å². The molecule has 1 aliphatic carbocycles. The van der Waals surface area contributed by atoms with Gasteiger partial charge < -0.3 is 9.88 Å². The van der Waals surface area contributed by atoms with Crippen LogP contribution in [0.5, 0.6) is 0 Å². The summed E-state index contributed by atoms with van der Waals surface area (Å²) in [6, 6.07) is 4.63. The fourth-order valence-electron chi connectivity index (χ4n) is 3.54. The van der Waals surface area contributed by atoms with Crippen LogP contribution in [0.3, 0.4) is 0 Å². The highest BCUT2D eigenvalue weighted by molar-refractivity contribution is 5.81. The Kier molecular flexibility index (Phi) is 5.09. The lowest BCUT2D eigenvalue weighted by Gasteiger charge is -2.33. The Balaban J connectivity index is 1.84. The van der Waals surface area contributed by atoms with Gasteiger partial charge in [-0.3, -0.25) is 4.79 Å². The number of halogens is 6. The van der Waals surface area contributed by atoms with Crippen LogP contribution in [0.2, 0.25) is 0 Å². The second-order valence-corrected chi connectivity index (χ2v) is 6.61. The quantitative estimate of drug-likeness (QED) is 0.791. The van der Waals surface area contributed by atoms with E-state index in [0.717, 1.165) is 0 Å². The molecule has 1 aliphatic rings. The summed E-state index contributed by atoms with van der Waals surface area (Å²) in [6.07, 6.45) is -8.28. The Hall–Kier alpha value is -2.26. The molecule has 148 valence electrons. The molecule has 1 heterocycles. The highest BCUT2D eigenvalue weighted by Gasteiger charge is 2.46. The van der Waals surface area contributed by atoms with Gasteiger partial charge in [0.1, 0.15) is 6.54 Å². The normalized spacial score (nSPS) is 21.4. The number of rotatable bonds is 3. The first-order chi connectivity index (χ1) is 12.6. The lowest BCUT2D eigenvalue weighted by atomic mass is 9.84. The highest BCUT2D eigenvalue weighted by atomic mass is 19.4. The maximum Gasteiger partial charge on any atom is 0.449 e. The SMILES string of the molecule is O=C(Cn1c(C(F)(F)F)nc2ccccc21)N[C@H]1CCCC[C@@H]1C(F)(F)F. The average Bonchev–Trinajstić information content (AvgIpc) is 2.93. The molecular weight excluding hydrogens is 376 g/mol. The zero-order valence-electron chi connectivity index (χ0n) is 14.1. The van der Waals surface area contributed by atoms with Crippen molar-refractivity contribution >= 4 is 16.9 Å². The van der Waals surface area contributed by atoms with E-state index in [1.807, 2.05) is 0 Å². The van der Waals surface area contributed by atoms with Crippen molar-refractivity contribution in [3.8, 4) is 0 Å². The molecule has 4 nitrogen and oxygen atoms in total.